The number of oxazole rings is 1. The van der Waals surface area contributed by atoms with Gasteiger partial charge >= 0.3 is 5.97 Å². The lowest BCUT2D eigenvalue weighted by Crippen LogP contribution is -2.40. The number of carbonyl (C=O) groups excluding carboxylic acids is 1. The van der Waals surface area contributed by atoms with Crippen molar-refractivity contribution < 1.29 is 22.4 Å². The van der Waals surface area contributed by atoms with Crippen LogP contribution in [0.2, 0.25) is 0 Å². The Hall–Kier alpha value is -1.71. The number of sulfonamides is 1. The van der Waals surface area contributed by atoms with E-state index < -0.39 is 10.0 Å². The van der Waals surface area contributed by atoms with E-state index in [1.165, 1.54) is 28.2 Å². The number of nitrogens with zero attached hydrogens (tertiary/aromatic N) is 2. The number of hydrogen-bond acceptors (Lipinski definition) is 7. The molecule has 0 saturated carbocycles. The highest BCUT2D eigenvalue weighted by molar-refractivity contribution is 7.88. The number of hydrogen-bond donors (Lipinski definition) is 0. The number of thiophene rings is 1. The van der Waals surface area contributed by atoms with Gasteiger partial charge in [0.2, 0.25) is 15.9 Å². The van der Waals surface area contributed by atoms with Gasteiger partial charge in [-0.2, -0.15) is 0 Å². The molecule has 1 aliphatic rings. The fourth-order valence-electron chi connectivity index (χ4n) is 2.57. The SMILES string of the molecule is CS(=O)(=O)N1CCC(C(=O)OCc2coc(-c3cccs3)n2)CC1. The van der Waals surface area contributed by atoms with Crippen molar-refractivity contribution in [3.05, 3.63) is 29.5 Å². The molecule has 9 heteroatoms. The molecule has 0 N–H and O–H groups in total. The summed E-state index contributed by atoms with van der Waals surface area (Å²) < 4.78 is 35.0. The molecule has 0 amide bonds. The summed E-state index contributed by atoms with van der Waals surface area (Å²) in [6, 6.07) is 3.81. The summed E-state index contributed by atoms with van der Waals surface area (Å²) in [5.41, 5.74) is 0.556. The van der Waals surface area contributed by atoms with Crippen molar-refractivity contribution in [2.45, 2.75) is 19.4 Å². The van der Waals surface area contributed by atoms with Crippen LogP contribution in [0.4, 0.5) is 0 Å². The second kappa shape index (κ2) is 7.04. The van der Waals surface area contributed by atoms with Gasteiger partial charge in [-0.05, 0) is 24.3 Å². The van der Waals surface area contributed by atoms with Crippen LogP contribution in [0.25, 0.3) is 10.8 Å². The van der Waals surface area contributed by atoms with Crippen molar-refractivity contribution in [1.82, 2.24) is 9.29 Å². The molecule has 130 valence electrons. The number of rotatable bonds is 5. The van der Waals surface area contributed by atoms with Crippen LogP contribution in [0.3, 0.4) is 0 Å². The molecular formula is C15H18N2O5S2. The Kier molecular flexibility index (Phi) is 5.02. The number of carbonyl (C=O) groups is 1. The summed E-state index contributed by atoms with van der Waals surface area (Å²) in [4.78, 5) is 17.3. The van der Waals surface area contributed by atoms with E-state index in [0.717, 1.165) is 4.88 Å². The predicted molar refractivity (Wildman–Crippen MR) is 88.8 cm³/mol. The van der Waals surface area contributed by atoms with Crippen LogP contribution in [0.15, 0.2) is 28.2 Å². The Balaban J connectivity index is 1.50. The molecule has 24 heavy (non-hydrogen) atoms. The lowest BCUT2D eigenvalue weighted by atomic mass is 9.98. The molecule has 0 aliphatic carbocycles. The quantitative estimate of drug-likeness (QED) is 0.749. The van der Waals surface area contributed by atoms with Gasteiger partial charge in [0.1, 0.15) is 18.6 Å². The maximum atomic E-state index is 12.1. The fraction of sp³-hybridized carbons (Fsp3) is 0.467. The fourth-order valence-corrected chi connectivity index (χ4v) is 4.10. The third kappa shape index (κ3) is 4.03. The number of piperidine rings is 1. The van der Waals surface area contributed by atoms with Gasteiger partial charge in [-0.3, -0.25) is 4.79 Å². The molecule has 1 saturated heterocycles. The van der Waals surface area contributed by atoms with Crippen molar-refractivity contribution in [1.29, 1.82) is 0 Å². The van der Waals surface area contributed by atoms with Gasteiger partial charge in [0, 0.05) is 13.1 Å². The van der Waals surface area contributed by atoms with Crippen molar-refractivity contribution in [2.24, 2.45) is 5.92 Å². The van der Waals surface area contributed by atoms with E-state index in [0.29, 0.717) is 37.5 Å². The first kappa shape index (κ1) is 17.1. The molecule has 7 nitrogen and oxygen atoms in total. The normalized spacial score (nSPS) is 17.0. The van der Waals surface area contributed by atoms with Crippen LogP contribution in [-0.4, -0.2) is 43.0 Å². The van der Waals surface area contributed by atoms with Crippen LogP contribution in [-0.2, 0) is 26.2 Å². The molecule has 3 rings (SSSR count). The molecule has 2 aromatic heterocycles. The average Bonchev–Trinajstić information content (AvgIpc) is 3.23. The Morgan fingerprint density at radius 2 is 2.21 bits per heavy atom. The highest BCUT2D eigenvalue weighted by Crippen LogP contribution is 2.24. The minimum Gasteiger partial charge on any atom is -0.459 e. The first-order valence-corrected chi connectivity index (χ1v) is 10.3. The molecule has 0 spiro atoms. The van der Waals surface area contributed by atoms with Crippen LogP contribution >= 0.6 is 11.3 Å². The van der Waals surface area contributed by atoms with Crippen molar-refractivity contribution in [3.63, 3.8) is 0 Å². The molecule has 2 aromatic rings. The van der Waals surface area contributed by atoms with Gasteiger partial charge < -0.3 is 9.15 Å². The van der Waals surface area contributed by atoms with E-state index in [1.54, 1.807) is 0 Å². The summed E-state index contributed by atoms with van der Waals surface area (Å²) >= 11 is 1.52. The third-order valence-corrected chi connectivity index (χ3v) is 6.06. The Morgan fingerprint density at radius 1 is 1.46 bits per heavy atom. The van der Waals surface area contributed by atoms with Crippen LogP contribution in [0, 0.1) is 5.92 Å². The van der Waals surface area contributed by atoms with Crippen LogP contribution in [0.5, 0.6) is 0 Å². The smallest absolute Gasteiger partial charge is 0.309 e. The van der Waals surface area contributed by atoms with Crippen molar-refractivity contribution >= 4 is 27.3 Å². The van der Waals surface area contributed by atoms with E-state index >= 15 is 0 Å². The number of ether oxygens (including phenoxy) is 1. The number of aromatic nitrogens is 1. The average molecular weight is 370 g/mol. The Morgan fingerprint density at radius 3 is 2.83 bits per heavy atom. The topological polar surface area (TPSA) is 89.7 Å². The zero-order valence-corrected chi connectivity index (χ0v) is 14.8. The summed E-state index contributed by atoms with van der Waals surface area (Å²) in [5, 5.41) is 1.93. The highest BCUT2D eigenvalue weighted by atomic mass is 32.2. The monoisotopic (exact) mass is 370 g/mol. The summed E-state index contributed by atoms with van der Waals surface area (Å²) in [6.07, 6.45) is 3.62. The Bertz CT molecular complexity index is 790. The van der Waals surface area contributed by atoms with Gasteiger partial charge in [-0.25, -0.2) is 17.7 Å². The largest absolute Gasteiger partial charge is 0.459 e. The summed E-state index contributed by atoms with van der Waals surface area (Å²) in [5.74, 6) is -0.0759. The van der Waals surface area contributed by atoms with E-state index in [2.05, 4.69) is 4.98 Å². The lowest BCUT2D eigenvalue weighted by molar-refractivity contribution is -0.151. The molecule has 1 fully saturated rings. The molecule has 3 heterocycles. The summed E-state index contributed by atoms with van der Waals surface area (Å²) in [6.45, 7) is 0.760. The first-order valence-electron chi connectivity index (χ1n) is 7.53. The molecule has 1 aliphatic heterocycles. The summed E-state index contributed by atoms with van der Waals surface area (Å²) in [7, 11) is -3.19. The minimum atomic E-state index is -3.19. The van der Waals surface area contributed by atoms with Crippen molar-refractivity contribution in [3.8, 4) is 10.8 Å². The maximum Gasteiger partial charge on any atom is 0.309 e. The van der Waals surface area contributed by atoms with E-state index in [-0.39, 0.29) is 18.5 Å². The van der Waals surface area contributed by atoms with Gasteiger partial charge in [-0.1, -0.05) is 6.07 Å². The standard InChI is InChI=1S/C15H18N2O5S2/c1-24(19,20)17-6-4-11(5-7-17)15(18)22-10-12-9-21-14(16-12)13-3-2-8-23-13/h2-3,8-9,11H,4-7,10H2,1H3. The van der Waals surface area contributed by atoms with E-state index in [1.807, 2.05) is 17.5 Å². The van der Waals surface area contributed by atoms with Crippen molar-refractivity contribution in [2.75, 3.05) is 19.3 Å². The second-order valence-electron chi connectivity index (χ2n) is 5.67. The van der Waals surface area contributed by atoms with Gasteiger partial charge in [-0.15, -0.1) is 11.3 Å². The van der Waals surface area contributed by atoms with Crippen LogP contribution in [0.1, 0.15) is 18.5 Å². The molecule has 0 unspecified atom stereocenters. The van der Waals surface area contributed by atoms with Gasteiger partial charge in [0.05, 0.1) is 17.1 Å². The zero-order valence-electron chi connectivity index (χ0n) is 13.2. The van der Waals surface area contributed by atoms with Gasteiger partial charge in [0.15, 0.2) is 0 Å². The maximum absolute atomic E-state index is 12.1. The molecular weight excluding hydrogens is 352 g/mol. The molecule has 0 radical (unpaired) electrons. The Labute approximate surface area is 144 Å². The zero-order chi connectivity index (χ0) is 17.2. The second-order valence-corrected chi connectivity index (χ2v) is 8.60. The molecule has 0 bridgehead atoms. The minimum absolute atomic E-state index is 0.0556. The molecule has 0 atom stereocenters. The van der Waals surface area contributed by atoms with Gasteiger partial charge in [0.25, 0.3) is 0 Å². The van der Waals surface area contributed by atoms with Crippen LogP contribution < -0.4 is 0 Å². The van der Waals surface area contributed by atoms with E-state index in [9.17, 15) is 13.2 Å². The number of esters is 1. The predicted octanol–water partition coefficient (Wildman–Crippen LogP) is 2.12. The third-order valence-electron chi connectivity index (χ3n) is 3.90. The molecule has 0 aromatic carbocycles. The lowest BCUT2D eigenvalue weighted by Gasteiger charge is -2.28. The first-order chi connectivity index (χ1) is 11.4. The highest BCUT2D eigenvalue weighted by Gasteiger charge is 2.30. The van der Waals surface area contributed by atoms with E-state index in [4.69, 9.17) is 9.15 Å².